The molecule has 98 valence electrons. The van der Waals surface area contributed by atoms with Crippen molar-refractivity contribution in [1.29, 1.82) is 0 Å². The van der Waals surface area contributed by atoms with E-state index in [0.29, 0.717) is 0 Å². The molecule has 0 fully saturated rings. The van der Waals surface area contributed by atoms with Crippen LogP contribution in [-0.2, 0) is 0 Å². The second-order valence-corrected chi connectivity index (χ2v) is 4.21. The third-order valence-electron chi connectivity index (χ3n) is 2.94. The molecular weight excluding hydrogens is 245 g/mol. The van der Waals surface area contributed by atoms with Gasteiger partial charge < -0.3 is 10.4 Å². The van der Waals surface area contributed by atoms with Crippen LogP contribution in [0.5, 0.6) is 0 Å². The monoisotopic (exact) mass is 259 g/mol. The van der Waals surface area contributed by atoms with Gasteiger partial charge in [0.2, 0.25) is 0 Å². The van der Waals surface area contributed by atoms with Gasteiger partial charge in [-0.1, -0.05) is 24.3 Å². The number of carboxylic acids is 1. The van der Waals surface area contributed by atoms with Crippen molar-refractivity contribution in [1.82, 2.24) is 5.32 Å². The molecule has 0 amide bonds. The average Bonchev–Trinajstić information content (AvgIpc) is 2.40. The highest BCUT2D eigenvalue weighted by atomic mass is 19.1. The predicted octanol–water partition coefficient (Wildman–Crippen LogP) is 2.83. The topological polar surface area (TPSA) is 49.3 Å². The number of rotatable bonds is 4. The molecule has 0 saturated carbocycles. The van der Waals surface area contributed by atoms with E-state index >= 15 is 0 Å². The van der Waals surface area contributed by atoms with Gasteiger partial charge in [0.25, 0.3) is 0 Å². The molecule has 0 radical (unpaired) electrons. The van der Waals surface area contributed by atoms with Gasteiger partial charge in [-0.25, -0.2) is 9.18 Å². The molecular formula is C15H14FNO2. The van der Waals surface area contributed by atoms with Crippen molar-refractivity contribution in [2.24, 2.45) is 0 Å². The van der Waals surface area contributed by atoms with Crippen molar-refractivity contribution in [3.63, 3.8) is 0 Å². The summed E-state index contributed by atoms with van der Waals surface area (Å²) in [6.45, 7) is 0. The quantitative estimate of drug-likeness (QED) is 0.887. The Labute approximate surface area is 110 Å². The number of aromatic carboxylic acids is 1. The summed E-state index contributed by atoms with van der Waals surface area (Å²) in [5, 5.41) is 12.1. The Morgan fingerprint density at radius 3 is 2.37 bits per heavy atom. The Balaban J connectivity index is 2.42. The SMILES string of the molecule is CNC(c1cccc(F)c1)c1cccc(C(=O)O)c1. The van der Waals surface area contributed by atoms with Crippen molar-refractivity contribution in [2.75, 3.05) is 7.05 Å². The maximum absolute atomic E-state index is 13.3. The minimum atomic E-state index is -0.976. The molecule has 2 N–H and O–H groups in total. The third-order valence-corrected chi connectivity index (χ3v) is 2.94. The van der Waals surface area contributed by atoms with Crippen molar-refractivity contribution in [3.8, 4) is 0 Å². The van der Waals surface area contributed by atoms with Crippen LogP contribution in [0.1, 0.15) is 27.5 Å². The van der Waals surface area contributed by atoms with E-state index in [-0.39, 0.29) is 17.4 Å². The maximum Gasteiger partial charge on any atom is 0.335 e. The van der Waals surface area contributed by atoms with Crippen molar-refractivity contribution < 1.29 is 14.3 Å². The molecule has 0 aliphatic heterocycles. The predicted molar refractivity (Wildman–Crippen MR) is 70.7 cm³/mol. The van der Waals surface area contributed by atoms with Crippen LogP contribution in [0.3, 0.4) is 0 Å². The average molecular weight is 259 g/mol. The van der Waals surface area contributed by atoms with Crippen LogP contribution in [0.15, 0.2) is 48.5 Å². The van der Waals surface area contributed by atoms with E-state index in [4.69, 9.17) is 5.11 Å². The first-order valence-corrected chi connectivity index (χ1v) is 5.88. The lowest BCUT2D eigenvalue weighted by atomic mass is 9.97. The lowest BCUT2D eigenvalue weighted by molar-refractivity contribution is 0.0696. The lowest BCUT2D eigenvalue weighted by Crippen LogP contribution is -2.18. The first kappa shape index (κ1) is 13.2. The molecule has 1 atom stereocenters. The lowest BCUT2D eigenvalue weighted by Gasteiger charge is -2.17. The van der Waals surface area contributed by atoms with Gasteiger partial charge >= 0.3 is 5.97 Å². The van der Waals surface area contributed by atoms with Gasteiger partial charge in [-0.05, 0) is 42.4 Å². The zero-order chi connectivity index (χ0) is 13.8. The molecule has 0 aromatic heterocycles. The Morgan fingerprint density at radius 2 is 1.79 bits per heavy atom. The number of benzene rings is 2. The molecule has 2 aromatic rings. The van der Waals surface area contributed by atoms with Crippen molar-refractivity contribution >= 4 is 5.97 Å². The van der Waals surface area contributed by atoms with Crippen LogP contribution >= 0.6 is 0 Å². The summed E-state index contributed by atoms with van der Waals surface area (Å²) >= 11 is 0. The molecule has 0 saturated heterocycles. The van der Waals surface area contributed by atoms with Crippen molar-refractivity contribution in [2.45, 2.75) is 6.04 Å². The number of carboxylic acid groups (broad SMARTS) is 1. The van der Waals surface area contributed by atoms with E-state index in [0.717, 1.165) is 11.1 Å². The second kappa shape index (κ2) is 5.63. The first-order valence-electron chi connectivity index (χ1n) is 5.88. The van der Waals surface area contributed by atoms with Crippen molar-refractivity contribution in [3.05, 3.63) is 71.0 Å². The number of nitrogens with one attached hydrogen (secondary N) is 1. The Bertz CT molecular complexity index is 598. The molecule has 3 nitrogen and oxygen atoms in total. The highest BCUT2D eigenvalue weighted by Crippen LogP contribution is 2.23. The first-order chi connectivity index (χ1) is 9.11. The van der Waals surface area contributed by atoms with Gasteiger partial charge in [-0.15, -0.1) is 0 Å². The zero-order valence-electron chi connectivity index (χ0n) is 10.4. The fourth-order valence-corrected chi connectivity index (χ4v) is 2.06. The van der Waals surface area contributed by atoms with Crippen LogP contribution < -0.4 is 5.32 Å². The summed E-state index contributed by atoms with van der Waals surface area (Å²) in [6, 6.07) is 12.6. The fourth-order valence-electron chi connectivity index (χ4n) is 2.06. The summed E-state index contributed by atoms with van der Waals surface area (Å²) in [4.78, 5) is 11.0. The molecule has 4 heteroatoms. The van der Waals surface area contributed by atoms with Gasteiger partial charge in [-0.2, -0.15) is 0 Å². The van der Waals surface area contributed by atoms with E-state index in [1.807, 2.05) is 6.07 Å². The molecule has 0 heterocycles. The van der Waals surface area contributed by atoms with Gasteiger partial charge in [0.15, 0.2) is 0 Å². The highest BCUT2D eigenvalue weighted by molar-refractivity contribution is 5.87. The normalized spacial score (nSPS) is 12.1. The summed E-state index contributed by atoms with van der Waals surface area (Å²) < 4.78 is 13.3. The standard InChI is InChI=1S/C15H14FNO2/c1-17-14(11-5-3-7-13(16)9-11)10-4-2-6-12(8-10)15(18)19/h2-9,14,17H,1H3,(H,18,19). The van der Waals surface area contributed by atoms with Gasteiger partial charge in [0.1, 0.15) is 5.82 Å². The smallest absolute Gasteiger partial charge is 0.335 e. The molecule has 2 aromatic carbocycles. The zero-order valence-corrected chi connectivity index (χ0v) is 10.4. The number of halogens is 1. The van der Waals surface area contributed by atoms with Crippen LogP contribution in [0.25, 0.3) is 0 Å². The van der Waals surface area contributed by atoms with Gasteiger partial charge in [0, 0.05) is 0 Å². The number of carbonyl (C=O) groups is 1. The summed E-state index contributed by atoms with van der Waals surface area (Å²) in [6.07, 6.45) is 0. The van der Waals surface area contributed by atoms with E-state index in [1.54, 1.807) is 31.3 Å². The molecule has 0 aliphatic rings. The molecule has 2 rings (SSSR count). The van der Waals surface area contributed by atoms with Gasteiger partial charge in [0.05, 0.1) is 11.6 Å². The Kier molecular flexibility index (Phi) is 3.92. The third kappa shape index (κ3) is 2.98. The van der Waals surface area contributed by atoms with Crippen LogP contribution in [0.2, 0.25) is 0 Å². The molecule has 1 unspecified atom stereocenters. The molecule has 0 bridgehead atoms. The highest BCUT2D eigenvalue weighted by Gasteiger charge is 2.14. The fraction of sp³-hybridized carbons (Fsp3) is 0.133. The molecule has 19 heavy (non-hydrogen) atoms. The Hall–Kier alpha value is -2.20. The van der Waals surface area contributed by atoms with E-state index in [1.165, 1.54) is 18.2 Å². The molecule has 0 spiro atoms. The van der Waals surface area contributed by atoms with E-state index < -0.39 is 5.97 Å². The maximum atomic E-state index is 13.3. The van der Waals surface area contributed by atoms with Crippen LogP contribution in [-0.4, -0.2) is 18.1 Å². The summed E-state index contributed by atoms with van der Waals surface area (Å²) in [5.41, 5.74) is 1.76. The van der Waals surface area contributed by atoms with E-state index in [9.17, 15) is 9.18 Å². The number of hydrogen-bond donors (Lipinski definition) is 2. The largest absolute Gasteiger partial charge is 0.478 e. The minimum absolute atomic E-state index is 0.217. The van der Waals surface area contributed by atoms with Gasteiger partial charge in [-0.3, -0.25) is 0 Å². The van der Waals surface area contributed by atoms with Crippen LogP contribution in [0.4, 0.5) is 4.39 Å². The minimum Gasteiger partial charge on any atom is -0.478 e. The van der Waals surface area contributed by atoms with Crippen LogP contribution in [0, 0.1) is 5.82 Å². The van der Waals surface area contributed by atoms with E-state index in [2.05, 4.69) is 5.32 Å². The molecule has 0 aliphatic carbocycles. The number of hydrogen-bond acceptors (Lipinski definition) is 2. The summed E-state index contributed by atoms with van der Waals surface area (Å²) in [5.74, 6) is -1.29. The summed E-state index contributed by atoms with van der Waals surface area (Å²) in [7, 11) is 1.75. The second-order valence-electron chi connectivity index (χ2n) is 4.21. The Morgan fingerprint density at radius 1 is 1.16 bits per heavy atom.